The number of anilines is 1. The van der Waals surface area contributed by atoms with Crippen LogP contribution in [0.3, 0.4) is 0 Å². The molecule has 2 rings (SSSR count). The summed E-state index contributed by atoms with van der Waals surface area (Å²) in [6, 6.07) is 4.35. The zero-order chi connectivity index (χ0) is 9.10. The van der Waals surface area contributed by atoms with E-state index >= 15 is 0 Å². The molecule has 0 aliphatic heterocycles. The molecule has 0 aromatic carbocycles. The van der Waals surface area contributed by atoms with E-state index in [0.29, 0.717) is 6.04 Å². The summed E-state index contributed by atoms with van der Waals surface area (Å²) >= 11 is 1.69. The van der Waals surface area contributed by atoms with Crippen molar-refractivity contribution in [3.63, 3.8) is 0 Å². The first-order chi connectivity index (χ1) is 6.36. The van der Waals surface area contributed by atoms with Crippen LogP contribution in [-0.4, -0.2) is 0 Å². The summed E-state index contributed by atoms with van der Waals surface area (Å²) in [6.45, 7) is 2.11. The maximum atomic E-state index is 5.02. The van der Waals surface area contributed by atoms with Crippen molar-refractivity contribution in [3.8, 4) is 0 Å². The highest BCUT2D eigenvalue weighted by molar-refractivity contribution is 7.08. The van der Waals surface area contributed by atoms with E-state index in [0.717, 1.165) is 0 Å². The summed E-state index contributed by atoms with van der Waals surface area (Å²) < 4.78 is 5.02. The Morgan fingerprint density at radius 3 is 3.00 bits per heavy atom. The molecule has 1 unspecified atom stereocenters. The Balaban J connectivity index is 2.04. The van der Waals surface area contributed by atoms with Crippen molar-refractivity contribution in [2.75, 3.05) is 5.32 Å². The van der Waals surface area contributed by atoms with E-state index in [9.17, 15) is 0 Å². The van der Waals surface area contributed by atoms with Gasteiger partial charge in [-0.3, -0.25) is 0 Å². The fraction of sp³-hybridized carbons (Fsp3) is 0.200. The van der Waals surface area contributed by atoms with Gasteiger partial charge in [0.25, 0.3) is 0 Å². The summed E-state index contributed by atoms with van der Waals surface area (Å²) in [5.41, 5.74) is 2.34. The maximum absolute atomic E-state index is 5.02. The molecule has 0 aliphatic carbocycles. The van der Waals surface area contributed by atoms with Crippen molar-refractivity contribution in [2.45, 2.75) is 13.0 Å². The number of thiophene rings is 1. The van der Waals surface area contributed by atoms with Crippen LogP contribution in [0.25, 0.3) is 0 Å². The van der Waals surface area contributed by atoms with Gasteiger partial charge in [0.05, 0.1) is 18.6 Å². The van der Waals surface area contributed by atoms with E-state index in [4.69, 9.17) is 4.42 Å². The van der Waals surface area contributed by atoms with Gasteiger partial charge in [-0.15, -0.1) is 0 Å². The Bertz CT molecular complexity index is 339. The van der Waals surface area contributed by atoms with Crippen LogP contribution in [-0.2, 0) is 0 Å². The van der Waals surface area contributed by atoms with Gasteiger partial charge in [0, 0.05) is 16.6 Å². The molecule has 0 fully saturated rings. The normalized spacial score (nSPS) is 12.7. The fourth-order valence-electron chi connectivity index (χ4n) is 1.20. The first-order valence-corrected chi connectivity index (χ1v) is 5.11. The van der Waals surface area contributed by atoms with Crippen molar-refractivity contribution in [1.82, 2.24) is 0 Å². The molecule has 0 bridgehead atoms. The molecule has 0 aliphatic rings. The monoisotopic (exact) mass is 193 g/mol. The van der Waals surface area contributed by atoms with Gasteiger partial charge in [-0.05, 0) is 24.4 Å². The van der Waals surface area contributed by atoms with Crippen molar-refractivity contribution in [1.29, 1.82) is 0 Å². The van der Waals surface area contributed by atoms with Crippen LogP contribution in [0.4, 0.5) is 5.69 Å². The molecule has 2 aromatic heterocycles. The maximum Gasteiger partial charge on any atom is 0.0955 e. The minimum Gasteiger partial charge on any atom is -0.472 e. The van der Waals surface area contributed by atoms with Crippen molar-refractivity contribution >= 4 is 17.0 Å². The quantitative estimate of drug-likeness (QED) is 0.806. The molecule has 2 nitrogen and oxygen atoms in total. The van der Waals surface area contributed by atoms with E-state index < -0.39 is 0 Å². The average Bonchev–Trinajstić information content (AvgIpc) is 2.74. The van der Waals surface area contributed by atoms with Crippen LogP contribution >= 0.6 is 11.3 Å². The van der Waals surface area contributed by atoms with Gasteiger partial charge in [-0.1, -0.05) is 0 Å². The van der Waals surface area contributed by atoms with Gasteiger partial charge in [-0.25, -0.2) is 0 Å². The van der Waals surface area contributed by atoms with Gasteiger partial charge >= 0.3 is 0 Å². The molecule has 0 saturated carbocycles. The van der Waals surface area contributed by atoms with Crippen LogP contribution in [0.2, 0.25) is 0 Å². The Hall–Kier alpha value is -1.22. The van der Waals surface area contributed by atoms with Gasteiger partial charge in [0.2, 0.25) is 0 Å². The largest absolute Gasteiger partial charge is 0.472 e. The summed E-state index contributed by atoms with van der Waals surface area (Å²) in [5.74, 6) is 0. The average molecular weight is 193 g/mol. The zero-order valence-corrected chi connectivity index (χ0v) is 8.17. The standard InChI is InChI=1S/C10H11NOS/c1-8(9-2-4-12-6-9)11-10-3-5-13-7-10/h2-8,11H,1H3. The Labute approximate surface area is 81.2 Å². The van der Waals surface area contributed by atoms with Crippen LogP contribution in [0, 0.1) is 0 Å². The third-order valence-corrected chi connectivity index (χ3v) is 2.63. The van der Waals surface area contributed by atoms with Gasteiger partial charge in [0.15, 0.2) is 0 Å². The lowest BCUT2D eigenvalue weighted by atomic mass is 10.2. The summed E-state index contributed by atoms with van der Waals surface area (Å²) in [5, 5.41) is 7.53. The summed E-state index contributed by atoms with van der Waals surface area (Å²) in [6.07, 6.45) is 3.46. The van der Waals surface area contributed by atoms with Crippen LogP contribution in [0.5, 0.6) is 0 Å². The highest BCUT2D eigenvalue weighted by Gasteiger charge is 2.05. The highest BCUT2D eigenvalue weighted by Crippen LogP contribution is 2.20. The second kappa shape index (κ2) is 3.66. The van der Waals surface area contributed by atoms with Gasteiger partial charge in [-0.2, -0.15) is 11.3 Å². The lowest BCUT2D eigenvalue weighted by molar-refractivity contribution is 0.562. The van der Waals surface area contributed by atoms with Crippen LogP contribution in [0.15, 0.2) is 39.8 Å². The highest BCUT2D eigenvalue weighted by atomic mass is 32.1. The predicted molar refractivity (Wildman–Crippen MR) is 55.1 cm³/mol. The number of nitrogens with one attached hydrogen (secondary N) is 1. The van der Waals surface area contributed by atoms with E-state index in [2.05, 4.69) is 29.1 Å². The van der Waals surface area contributed by atoms with Gasteiger partial charge < -0.3 is 9.73 Å². The molecule has 1 atom stereocenters. The Kier molecular flexibility index (Phi) is 2.36. The minimum absolute atomic E-state index is 0.299. The molecule has 0 spiro atoms. The molecular weight excluding hydrogens is 182 g/mol. The van der Waals surface area contributed by atoms with Crippen molar-refractivity contribution in [3.05, 3.63) is 41.0 Å². The van der Waals surface area contributed by atoms with Crippen LogP contribution < -0.4 is 5.32 Å². The number of rotatable bonds is 3. The van der Waals surface area contributed by atoms with Gasteiger partial charge in [0.1, 0.15) is 0 Å². The lowest BCUT2D eigenvalue weighted by Gasteiger charge is -2.11. The lowest BCUT2D eigenvalue weighted by Crippen LogP contribution is -2.04. The topological polar surface area (TPSA) is 25.2 Å². The summed E-state index contributed by atoms with van der Waals surface area (Å²) in [7, 11) is 0. The second-order valence-corrected chi connectivity index (χ2v) is 3.71. The molecule has 2 aromatic rings. The third kappa shape index (κ3) is 1.92. The second-order valence-electron chi connectivity index (χ2n) is 2.93. The number of hydrogen-bond donors (Lipinski definition) is 1. The SMILES string of the molecule is CC(Nc1ccsc1)c1ccoc1. The molecule has 3 heteroatoms. The molecule has 13 heavy (non-hydrogen) atoms. The molecular formula is C10H11NOS. The fourth-order valence-corrected chi connectivity index (χ4v) is 1.80. The van der Waals surface area contributed by atoms with Crippen molar-refractivity contribution < 1.29 is 4.42 Å². The zero-order valence-electron chi connectivity index (χ0n) is 7.36. The summed E-state index contributed by atoms with van der Waals surface area (Å²) in [4.78, 5) is 0. The molecule has 68 valence electrons. The van der Waals surface area contributed by atoms with Crippen LogP contribution in [0.1, 0.15) is 18.5 Å². The van der Waals surface area contributed by atoms with E-state index in [1.54, 1.807) is 23.9 Å². The first-order valence-electron chi connectivity index (χ1n) is 4.17. The smallest absolute Gasteiger partial charge is 0.0955 e. The van der Waals surface area contributed by atoms with E-state index in [-0.39, 0.29) is 0 Å². The minimum atomic E-state index is 0.299. The Morgan fingerprint density at radius 2 is 2.38 bits per heavy atom. The molecule has 2 heterocycles. The number of furan rings is 1. The number of hydrogen-bond acceptors (Lipinski definition) is 3. The van der Waals surface area contributed by atoms with E-state index in [1.807, 2.05) is 6.07 Å². The molecule has 0 saturated heterocycles. The van der Waals surface area contributed by atoms with Crippen molar-refractivity contribution in [2.24, 2.45) is 0 Å². The molecule has 0 amide bonds. The molecule has 0 radical (unpaired) electrons. The molecule has 1 N–H and O–H groups in total. The Morgan fingerprint density at radius 1 is 1.46 bits per heavy atom. The third-order valence-electron chi connectivity index (χ3n) is 1.95. The van der Waals surface area contributed by atoms with E-state index in [1.165, 1.54) is 11.3 Å². The predicted octanol–water partition coefficient (Wildman–Crippen LogP) is 3.51. The first kappa shape index (κ1) is 8.38.